The Morgan fingerprint density at radius 2 is 1.65 bits per heavy atom. The molecule has 2 amide bonds. The Morgan fingerprint density at radius 3 is 2.32 bits per heavy atom. The second kappa shape index (κ2) is 11.1. The average molecular weight is 436 g/mol. The number of anilines is 2. The molecule has 0 bridgehead atoms. The van der Waals surface area contributed by atoms with Crippen molar-refractivity contribution in [2.75, 3.05) is 29.6 Å². The van der Waals surface area contributed by atoms with Crippen molar-refractivity contribution >= 4 is 35.0 Å². The third-order valence-electron chi connectivity index (χ3n) is 4.52. The van der Waals surface area contributed by atoms with E-state index in [-0.39, 0.29) is 18.2 Å². The molecule has 0 unspecified atom stereocenters. The normalized spacial score (nSPS) is 10.4. The molecule has 3 rings (SSSR count). The van der Waals surface area contributed by atoms with Crippen molar-refractivity contribution in [3.63, 3.8) is 0 Å². The number of benzene rings is 3. The number of primary amides is 1. The molecular weight excluding hydrogens is 410 g/mol. The third-order valence-corrected chi connectivity index (χ3v) is 5.62. The average Bonchev–Trinajstić information content (AvgIpc) is 2.79. The zero-order valence-electron chi connectivity index (χ0n) is 17.3. The lowest BCUT2D eigenvalue weighted by atomic mass is 10.2. The number of methoxy groups -OCH3 is 1. The molecule has 0 saturated heterocycles. The van der Waals surface area contributed by atoms with Crippen LogP contribution in [0.5, 0.6) is 5.75 Å². The van der Waals surface area contributed by atoms with Crippen molar-refractivity contribution in [1.29, 1.82) is 0 Å². The van der Waals surface area contributed by atoms with Crippen LogP contribution in [-0.4, -0.2) is 31.2 Å². The van der Waals surface area contributed by atoms with E-state index in [2.05, 4.69) is 5.32 Å². The van der Waals surface area contributed by atoms with Gasteiger partial charge in [-0.05, 0) is 42.0 Å². The third kappa shape index (κ3) is 6.79. The van der Waals surface area contributed by atoms with E-state index in [4.69, 9.17) is 10.5 Å². The largest absolute Gasteiger partial charge is 0.497 e. The van der Waals surface area contributed by atoms with Gasteiger partial charge in [0.2, 0.25) is 11.8 Å². The lowest BCUT2D eigenvalue weighted by molar-refractivity contribution is -0.116. The number of thioether (sulfide) groups is 1. The highest BCUT2D eigenvalue weighted by atomic mass is 32.2. The number of carbonyl (C=O) groups excluding carboxylic acids is 2. The zero-order chi connectivity index (χ0) is 22.1. The van der Waals surface area contributed by atoms with Crippen LogP contribution in [0.1, 0.15) is 5.56 Å². The number of nitrogens with zero attached hydrogens (tertiary/aromatic N) is 1. The standard InChI is InChI=1S/C24H25N3O3S/c1-30-20-13-11-19(12-14-20)27(15-18-7-3-2-4-8-18)16-24(29)26-21-9-5-6-10-22(21)31-17-23(25)28/h2-14H,15-17H2,1H3,(H2,25,28)(H,26,29). The molecule has 0 aromatic heterocycles. The van der Waals surface area contributed by atoms with Gasteiger partial charge in [0.25, 0.3) is 0 Å². The van der Waals surface area contributed by atoms with Crippen molar-refractivity contribution in [1.82, 2.24) is 0 Å². The zero-order valence-corrected chi connectivity index (χ0v) is 18.1. The Labute approximate surface area is 186 Å². The molecule has 6 nitrogen and oxygen atoms in total. The van der Waals surface area contributed by atoms with Crippen LogP contribution in [0.4, 0.5) is 11.4 Å². The molecular formula is C24H25N3O3S. The molecule has 0 heterocycles. The Bertz CT molecular complexity index is 1010. The van der Waals surface area contributed by atoms with E-state index < -0.39 is 5.91 Å². The molecule has 3 aromatic carbocycles. The van der Waals surface area contributed by atoms with E-state index in [1.54, 1.807) is 7.11 Å². The SMILES string of the molecule is COc1ccc(N(CC(=O)Nc2ccccc2SCC(N)=O)Cc2ccccc2)cc1. The van der Waals surface area contributed by atoms with Gasteiger partial charge in [0.05, 0.1) is 25.1 Å². The first-order chi connectivity index (χ1) is 15.0. The van der Waals surface area contributed by atoms with Gasteiger partial charge in [-0.25, -0.2) is 0 Å². The molecule has 0 aliphatic heterocycles. The smallest absolute Gasteiger partial charge is 0.243 e. The van der Waals surface area contributed by atoms with Crippen molar-refractivity contribution in [3.8, 4) is 5.75 Å². The molecule has 7 heteroatoms. The Balaban J connectivity index is 1.76. The van der Waals surface area contributed by atoms with E-state index in [0.29, 0.717) is 12.2 Å². The van der Waals surface area contributed by atoms with Crippen LogP contribution < -0.4 is 20.7 Å². The van der Waals surface area contributed by atoms with E-state index in [0.717, 1.165) is 21.9 Å². The molecule has 0 atom stereocenters. The summed E-state index contributed by atoms with van der Waals surface area (Å²) in [5, 5.41) is 2.96. The van der Waals surface area contributed by atoms with Gasteiger partial charge >= 0.3 is 0 Å². The molecule has 3 aromatic rings. The van der Waals surface area contributed by atoms with Crippen molar-refractivity contribution in [2.45, 2.75) is 11.4 Å². The summed E-state index contributed by atoms with van der Waals surface area (Å²) < 4.78 is 5.25. The van der Waals surface area contributed by atoms with E-state index >= 15 is 0 Å². The fourth-order valence-electron chi connectivity index (χ4n) is 3.04. The van der Waals surface area contributed by atoms with Gasteiger partial charge in [0, 0.05) is 17.1 Å². The van der Waals surface area contributed by atoms with Gasteiger partial charge < -0.3 is 20.7 Å². The number of nitrogens with two attached hydrogens (primary N) is 1. The topological polar surface area (TPSA) is 84.7 Å². The van der Waals surface area contributed by atoms with E-state index in [1.165, 1.54) is 11.8 Å². The van der Waals surface area contributed by atoms with Crippen LogP contribution >= 0.6 is 11.8 Å². The van der Waals surface area contributed by atoms with Gasteiger partial charge in [0.15, 0.2) is 0 Å². The summed E-state index contributed by atoms with van der Waals surface area (Å²) in [6.07, 6.45) is 0. The fourth-order valence-corrected chi connectivity index (χ4v) is 3.79. The maximum absolute atomic E-state index is 12.9. The number of nitrogens with one attached hydrogen (secondary N) is 1. The van der Waals surface area contributed by atoms with E-state index in [1.807, 2.05) is 83.8 Å². The molecule has 160 valence electrons. The summed E-state index contributed by atoms with van der Waals surface area (Å²) in [4.78, 5) is 26.9. The molecule has 0 saturated carbocycles. The number of para-hydroxylation sites is 1. The predicted molar refractivity (Wildman–Crippen MR) is 125 cm³/mol. The Hall–Kier alpha value is -3.45. The lowest BCUT2D eigenvalue weighted by Gasteiger charge is -2.25. The summed E-state index contributed by atoms with van der Waals surface area (Å²) in [5.74, 6) is 0.352. The number of amides is 2. The molecule has 0 spiro atoms. The van der Waals surface area contributed by atoms with Crippen LogP contribution in [-0.2, 0) is 16.1 Å². The van der Waals surface area contributed by atoms with Crippen LogP contribution in [0.2, 0.25) is 0 Å². The summed E-state index contributed by atoms with van der Waals surface area (Å²) in [6, 6.07) is 25.0. The molecule has 3 N–H and O–H groups in total. The van der Waals surface area contributed by atoms with Gasteiger partial charge in [-0.3, -0.25) is 9.59 Å². The highest BCUT2D eigenvalue weighted by Crippen LogP contribution is 2.27. The Kier molecular flexibility index (Phi) is 7.95. The maximum Gasteiger partial charge on any atom is 0.243 e. The maximum atomic E-state index is 12.9. The van der Waals surface area contributed by atoms with Gasteiger partial charge in [-0.15, -0.1) is 11.8 Å². The number of ether oxygens (including phenoxy) is 1. The first kappa shape index (κ1) is 22.2. The summed E-state index contributed by atoms with van der Waals surface area (Å²) in [5.41, 5.74) is 7.93. The van der Waals surface area contributed by atoms with Crippen molar-refractivity contribution in [3.05, 3.63) is 84.4 Å². The van der Waals surface area contributed by atoms with Crippen molar-refractivity contribution < 1.29 is 14.3 Å². The highest BCUT2D eigenvalue weighted by molar-refractivity contribution is 8.00. The highest BCUT2D eigenvalue weighted by Gasteiger charge is 2.14. The van der Waals surface area contributed by atoms with Crippen LogP contribution in [0.3, 0.4) is 0 Å². The fraction of sp³-hybridized carbons (Fsp3) is 0.167. The van der Waals surface area contributed by atoms with Gasteiger partial charge in [0.1, 0.15) is 5.75 Å². The molecule has 0 aliphatic rings. The minimum Gasteiger partial charge on any atom is -0.497 e. The second-order valence-electron chi connectivity index (χ2n) is 6.84. The molecule has 0 aliphatic carbocycles. The summed E-state index contributed by atoms with van der Waals surface area (Å²) in [6.45, 7) is 0.745. The number of carbonyl (C=O) groups is 2. The minimum absolute atomic E-state index is 0.152. The Morgan fingerprint density at radius 1 is 0.968 bits per heavy atom. The summed E-state index contributed by atoms with van der Waals surface area (Å²) in [7, 11) is 1.62. The predicted octanol–water partition coefficient (Wildman–Crippen LogP) is 3.92. The molecule has 0 radical (unpaired) electrons. The number of hydrogen-bond donors (Lipinski definition) is 2. The quantitative estimate of drug-likeness (QED) is 0.472. The van der Waals surface area contributed by atoms with Gasteiger partial charge in [-0.1, -0.05) is 42.5 Å². The number of rotatable bonds is 10. The number of hydrogen-bond acceptors (Lipinski definition) is 5. The monoisotopic (exact) mass is 435 g/mol. The first-order valence-corrected chi connectivity index (χ1v) is 10.8. The minimum atomic E-state index is -0.403. The second-order valence-corrected chi connectivity index (χ2v) is 7.86. The molecule has 31 heavy (non-hydrogen) atoms. The molecule has 0 fully saturated rings. The lowest BCUT2D eigenvalue weighted by Crippen LogP contribution is -2.33. The van der Waals surface area contributed by atoms with Gasteiger partial charge in [-0.2, -0.15) is 0 Å². The van der Waals surface area contributed by atoms with Crippen LogP contribution in [0, 0.1) is 0 Å². The van der Waals surface area contributed by atoms with Crippen LogP contribution in [0.25, 0.3) is 0 Å². The van der Waals surface area contributed by atoms with Crippen molar-refractivity contribution in [2.24, 2.45) is 5.73 Å². The summed E-state index contributed by atoms with van der Waals surface area (Å²) >= 11 is 1.30. The van der Waals surface area contributed by atoms with Crippen LogP contribution in [0.15, 0.2) is 83.8 Å². The first-order valence-electron chi connectivity index (χ1n) is 9.78. The van der Waals surface area contributed by atoms with E-state index in [9.17, 15) is 9.59 Å².